The van der Waals surface area contributed by atoms with Crippen LogP contribution in [0.2, 0.25) is 0 Å². The maximum atomic E-state index is 5.29. The third-order valence-corrected chi connectivity index (χ3v) is 5.76. The molecule has 2 rings (SSSR count). The van der Waals surface area contributed by atoms with Crippen molar-refractivity contribution in [1.82, 2.24) is 0 Å². The lowest BCUT2D eigenvalue weighted by atomic mass is 10.1. The molecular weight excluding hydrogens is 356 g/mol. The van der Waals surface area contributed by atoms with Crippen LogP contribution < -0.4 is 4.74 Å². The Kier molecular flexibility index (Phi) is 7.34. The smallest absolute Gasteiger partial charge is 0.133 e. The summed E-state index contributed by atoms with van der Waals surface area (Å²) in [5.74, 6) is 0.890. The maximum Gasteiger partial charge on any atom is 0.133 e. The molecule has 0 aliphatic heterocycles. The van der Waals surface area contributed by atoms with Crippen molar-refractivity contribution in [3.05, 3.63) is 58.6 Å². The summed E-state index contributed by atoms with van der Waals surface area (Å²) in [5.41, 5.74) is 1.44. The third kappa shape index (κ3) is 5.36. The molecule has 0 spiro atoms. The van der Waals surface area contributed by atoms with E-state index in [-0.39, 0.29) is 0 Å². The van der Waals surface area contributed by atoms with Gasteiger partial charge in [-0.3, -0.25) is 0 Å². The lowest BCUT2D eigenvalue weighted by Gasteiger charge is -2.15. The minimum absolute atomic E-state index is 0.670. The second-order valence-corrected chi connectivity index (χ2v) is 7.55. The van der Waals surface area contributed by atoms with E-state index >= 15 is 0 Å². The van der Waals surface area contributed by atoms with Crippen LogP contribution in [0.15, 0.2) is 57.9 Å². The molecule has 2 aromatic rings. The molecule has 0 amide bonds. The van der Waals surface area contributed by atoms with Gasteiger partial charge in [0, 0.05) is 10.1 Å². The van der Waals surface area contributed by atoms with E-state index in [4.69, 9.17) is 4.74 Å². The number of thioether (sulfide) groups is 1. The van der Waals surface area contributed by atoms with Crippen molar-refractivity contribution in [2.75, 3.05) is 7.11 Å². The zero-order valence-electron chi connectivity index (χ0n) is 13.2. The number of hydrogen-bond donors (Lipinski definition) is 0. The first-order valence-corrected chi connectivity index (χ1v) is 9.44. The van der Waals surface area contributed by atoms with Crippen molar-refractivity contribution in [3.8, 4) is 5.75 Å². The van der Waals surface area contributed by atoms with E-state index in [1.54, 1.807) is 7.11 Å². The molecule has 0 N–H and O–H groups in total. The highest BCUT2D eigenvalue weighted by atomic mass is 79.9. The predicted octanol–water partition coefficient (Wildman–Crippen LogP) is 6.35. The molecule has 0 saturated carbocycles. The number of hydrogen-bond acceptors (Lipinski definition) is 2. The summed E-state index contributed by atoms with van der Waals surface area (Å²) in [4.78, 5) is 1.30. The summed E-state index contributed by atoms with van der Waals surface area (Å²) >= 11 is 5.54. The molecule has 0 radical (unpaired) electrons. The molecule has 2 aromatic carbocycles. The molecule has 0 saturated heterocycles. The molecule has 0 aromatic heterocycles. The molecule has 22 heavy (non-hydrogen) atoms. The molecule has 3 heteroatoms. The Labute approximate surface area is 146 Å². The largest absolute Gasteiger partial charge is 0.496 e. The lowest BCUT2D eigenvalue weighted by molar-refractivity contribution is 0.412. The van der Waals surface area contributed by atoms with Gasteiger partial charge >= 0.3 is 0 Å². The fraction of sp³-hybridized carbons (Fsp3) is 0.368. The van der Waals surface area contributed by atoms with E-state index in [0.29, 0.717) is 5.25 Å². The van der Waals surface area contributed by atoms with E-state index in [9.17, 15) is 0 Å². The quantitative estimate of drug-likeness (QED) is 0.494. The Bertz CT molecular complexity index is 571. The van der Waals surface area contributed by atoms with Crippen LogP contribution in [0.3, 0.4) is 0 Å². The zero-order chi connectivity index (χ0) is 15.8. The molecule has 0 bridgehead atoms. The standard InChI is InChI=1S/C19H23BrOS/c1-3-16(11-7-10-15-8-5-4-6-9-15)22-17-12-13-19(21-2)18(20)14-17/h4-6,8-9,12-14,16H,3,7,10-11H2,1-2H3. The van der Waals surface area contributed by atoms with Crippen molar-refractivity contribution in [2.24, 2.45) is 0 Å². The molecule has 118 valence electrons. The lowest BCUT2D eigenvalue weighted by Crippen LogP contribution is -2.01. The van der Waals surface area contributed by atoms with Gasteiger partial charge in [0.1, 0.15) is 5.75 Å². The Morgan fingerprint density at radius 2 is 1.91 bits per heavy atom. The van der Waals surface area contributed by atoms with Gasteiger partial charge in [-0.25, -0.2) is 0 Å². The van der Waals surface area contributed by atoms with E-state index in [1.165, 1.54) is 36.1 Å². The molecule has 0 aliphatic rings. The summed E-state index contributed by atoms with van der Waals surface area (Å²) in [6.45, 7) is 2.28. The highest BCUT2D eigenvalue weighted by Gasteiger charge is 2.10. The van der Waals surface area contributed by atoms with E-state index in [0.717, 1.165) is 10.2 Å². The average Bonchev–Trinajstić information content (AvgIpc) is 2.55. The minimum Gasteiger partial charge on any atom is -0.496 e. The SMILES string of the molecule is CCC(CCCc1ccccc1)Sc1ccc(OC)c(Br)c1. The molecule has 1 atom stereocenters. The maximum absolute atomic E-state index is 5.29. The Morgan fingerprint density at radius 1 is 1.14 bits per heavy atom. The van der Waals surface area contributed by atoms with Gasteiger partial charge in [-0.15, -0.1) is 11.8 Å². The van der Waals surface area contributed by atoms with Crippen LogP contribution in [0.25, 0.3) is 0 Å². The number of methoxy groups -OCH3 is 1. The van der Waals surface area contributed by atoms with Crippen LogP contribution in [-0.4, -0.2) is 12.4 Å². The molecular formula is C19H23BrOS. The van der Waals surface area contributed by atoms with Crippen LogP contribution in [0, 0.1) is 0 Å². The topological polar surface area (TPSA) is 9.23 Å². The summed E-state index contributed by atoms with van der Waals surface area (Å²) < 4.78 is 6.32. The Balaban J connectivity index is 1.85. The van der Waals surface area contributed by atoms with Crippen LogP contribution in [-0.2, 0) is 6.42 Å². The van der Waals surface area contributed by atoms with Crippen LogP contribution in [0.4, 0.5) is 0 Å². The minimum atomic E-state index is 0.670. The normalized spacial score (nSPS) is 12.1. The monoisotopic (exact) mass is 378 g/mol. The highest BCUT2D eigenvalue weighted by molar-refractivity contribution is 9.10. The van der Waals surface area contributed by atoms with Gasteiger partial charge in [0.05, 0.1) is 11.6 Å². The summed E-state index contributed by atoms with van der Waals surface area (Å²) in [6, 6.07) is 17.1. The van der Waals surface area contributed by atoms with Crippen molar-refractivity contribution < 1.29 is 4.74 Å². The second kappa shape index (κ2) is 9.26. The molecule has 1 nitrogen and oxygen atoms in total. The van der Waals surface area contributed by atoms with E-state index in [1.807, 2.05) is 17.8 Å². The first kappa shape index (κ1) is 17.4. The van der Waals surface area contributed by atoms with Gasteiger partial charge < -0.3 is 4.74 Å². The summed E-state index contributed by atoms with van der Waals surface area (Å²) in [6.07, 6.45) is 4.86. The highest BCUT2D eigenvalue weighted by Crippen LogP contribution is 2.34. The third-order valence-electron chi connectivity index (χ3n) is 3.72. The number of rotatable bonds is 8. The van der Waals surface area contributed by atoms with Crippen LogP contribution in [0.5, 0.6) is 5.75 Å². The van der Waals surface area contributed by atoms with Crippen molar-refractivity contribution in [3.63, 3.8) is 0 Å². The molecule has 0 aliphatic carbocycles. The number of ether oxygens (including phenoxy) is 1. The Hall–Kier alpha value is -0.930. The summed E-state index contributed by atoms with van der Waals surface area (Å²) in [5, 5.41) is 0.670. The molecule has 1 unspecified atom stereocenters. The fourth-order valence-corrected chi connectivity index (χ4v) is 4.30. The fourth-order valence-electron chi connectivity index (χ4n) is 2.44. The van der Waals surface area contributed by atoms with Crippen molar-refractivity contribution in [1.29, 1.82) is 0 Å². The first-order chi connectivity index (χ1) is 10.7. The van der Waals surface area contributed by atoms with Gasteiger partial charge in [-0.2, -0.15) is 0 Å². The van der Waals surface area contributed by atoms with Gasteiger partial charge in [-0.05, 0) is 65.4 Å². The van der Waals surface area contributed by atoms with Crippen molar-refractivity contribution in [2.45, 2.75) is 42.8 Å². The average molecular weight is 379 g/mol. The van der Waals surface area contributed by atoms with Gasteiger partial charge in [0.25, 0.3) is 0 Å². The number of aryl methyl sites for hydroxylation is 1. The summed E-state index contributed by atoms with van der Waals surface area (Å²) in [7, 11) is 1.70. The van der Waals surface area contributed by atoms with Crippen LogP contribution in [0.1, 0.15) is 31.7 Å². The predicted molar refractivity (Wildman–Crippen MR) is 100 cm³/mol. The second-order valence-electron chi connectivity index (χ2n) is 5.32. The van der Waals surface area contributed by atoms with Gasteiger partial charge in [0.2, 0.25) is 0 Å². The van der Waals surface area contributed by atoms with Gasteiger partial charge in [0.15, 0.2) is 0 Å². The van der Waals surface area contributed by atoms with Gasteiger partial charge in [-0.1, -0.05) is 37.3 Å². The molecule has 0 fully saturated rings. The van der Waals surface area contributed by atoms with E-state index < -0.39 is 0 Å². The first-order valence-electron chi connectivity index (χ1n) is 7.77. The number of benzene rings is 2. The Morgan fingerprint density at radius 3 is 2.55 bits per heavy atom. The van der Waals surface area contributed by atoms with Crippen molar-refractivity contribution >= 4 is 27.7 Å². The number of halogens is 1. The molecule has 0 heterocycles. The zero-order valence-corrected chi connectivity index (χ0v) is 15.6. The van der Waals surface area contributed by atoms with E-state index in [2.05, 4.69) is 65.3 Å². The van der Waals surface area contributed by atoms with Crippen LogP contribution >= 0.6 is 27.7 Å².